The first kappa shape index (κ1) is 15.8. The Hall–Kier alpha value is -0.240. The summed E-state index contributed by atoms with van der Waals surface area (Å²) in [7, 11) is 0. The van der Waals surface area contributed by atoms with E-state index >= 15 is 0 Å². The summed E-state index contributed by atoms with van der Waals surface area (Å²) in [6.07, 6.45) is 0.598. The predicted octanol–water partition coefficient (Wildman–Crippen LogP) is -1.26. The summed E-state index contributed by atoms with van der Waals surface area (Å²) >= 11 is 0. The Morgan fingerprint density at radius 2 is 1.56 bits per heavy atom. The third-order valence-electron chi connectivity index (χ3n) is 1.78. The van der Waals surface area contributed by atoms with E-state index in [2.05, 4.69) is 0 Å². The fraction of sp³-hybridized carbons (Fsp3) is 1.00. The second-order valence-electron chi connectivity index (χ2n) is 3.23. The highest BCUT2D eigenvalue weighted by Crippen LogP contribution is 1.96. The second-order valence-corrected chi connectivity index (χ2v) is 3.23. The van der Waals surface area contributed by atoms with Crippen molar-refractivity contribution in [3.05, 3.63) is 0 Å². The Morgan fingerprint density at radius 1 is 0.938 bits per heavy atom. The standard InChI is InChI=1S/C10H23NO5/c11-2-1-5-14-8-10(16-7-4-13)9-15-6-3-12/h10,12-13H,1-9,11H2. The molecule has 0 fully saturated rings. The lowest BCUT2D eigenvalue weighted by molar-refractivity contribution is -0.0703. The molecule has 0 aliphatic carbocycles. The quantitative estimate of drug-likeness (QED) is 0.367. The summed E-state index contributed by atoms with van der Waals surface area (Å²) in [6, 6.07) is 0. The van der Waals surface area contributed by atoms with Gasteiger partial charge in [0.05, 0.1) is 39.6 Å². The van der Waals surface area contributed by atoms with E-state index in [1.54, 1.807) is 0 Å². The van der Waals surface area contributed by atoms with E-state index < -0.39 is 0 Å². The van der Waals surface area contributed by atoms with Gasteiger partial charge in [0.1, 0.15) is 6.10 Å². The number of ether oxygens (including phenoxy) is 3. The minimum atomic E-state index is -0.212. The zero-order chi connectivity index (χ0) is 12.1. The van der Waals surface area contributed by atoms with Crippen LogP contribution in [0.5, 0.6) is 0 Å². The van der Waals surface area contributed by atoms with Crippen molar-refractivity contribution in [3.63, 3.8) is 0 Å². The van der Waals surface area contributed by atoms with Crippen LogP contribution >= 0.6 is 0 Å². The zero-order valence-electron chi connectivity index (χ0n) is 9.64. The molecule has 0 rings (SSSR count). The molecule has 0 bridgehead atoms. The summed E-state index contributed by atoms with van der Waals surface area (Å²) in [6.45, 7) is 2.45. The third-order valence-corrected chi connectivity index (χ3v) is 1.78. The molecule has 6 nitrogen and oxygen atoms in total. The fourth-order valence-electron chi connectivity index (χ4n) is 1.04. The van der Waals surface area contributed by atoms with Gasteiger partial charge in [-0.1, -0.05) is 0 Å². The molecule has 4 N–H and O–H groups in total. The number of hydrogen-bond donors (Lipinski definition) is 3. The topological polar surface area (TPSA) is 94.2 Å². The highest BCUT2D eigenvalue weighted by atomic mass is 16.6. The summed E-state index contributed by atoms with van der Waals surface area (Å²) in [5.74, 6) is 0. The molecule has 0 amide bonds. The van der Waals surface area contributed by atoms with Crippen LogP contribution in [-0.2, 0) is 14.2 Å². The molecule has 16 heavy (non-hydrogen) atoms. The van der Waals surface area contributed by atoms with Crippen molar-refractivity contribution in [3.8, 4) is 0 Å². The van der Waals surface area contributed by atoms with Crippen LogP contribution in [0.15, 0.2) is 0 Å². The number of aliphatic hydroxyl groups excluding tert-OH is 2. The minimum absolute atomic E-state index is 0.0131. The van der Waals surface area contributed by atoms with Crippen LogP contribution in [-0.4, -0.2) is 69.1 Å². The van der Waals surface area contributed by atoms with Gasteiger partial charge in [0.25, 0.3) is 0 Å². The van der Waals surface area contributed by atoms with E-state index in [0.717, 1.165) is 6.42 Å². The fourth-order valence-corrected chi connectivity index (χ4v) is 1.04. The van der Waals surface area contributed by atoms with Crippen LogP contribution in [0.25, 0.3) is 0 Å². The summed E-state index contributed by atoms with van der Waals surface area (Å²) < 4.78 is 15.8. The molecule has 0 aromatic carbocycles. The smallest absolute Gasteiger partial charge is 0.104 e. The lowest BCUT2D eigenvalue weighted by atomic mass is 10.4. The second kappa shape index (κ2) is 12.8. The van der Waals surface area contributed by atoms with Gasteiger partial charge in [-0.25, -0.2) is 0 Å². The maximum absolute atomic E-state index is 8.63. The van der Waals surface area contributed by atoms with E-state index in [-0.39, 0.29) is 32.5 Å². The van der Waals surface area contributed by atoms with Crippen molar-refractivity contribution >= 4 is 0 Å². The van der Waals surface area contributed by atoms with Gasteiger partial charge in [0.15, 0.2) is 0 Å². The van der Waals surface area contributed by atoms with Crippen LogP contribution < -0.4 is 5.73 Å². The first-order chi connectivity index (χ1) is 7.85. The van der Waals surface area contributed by atoms with Gasteiger partial charge in [-0.05, 0) is 13.0 Å². The first-order valence-electron chi connectivity index (χ1n) is 5.54. The lowest BCUT2D eigenvalue weighted by Crippen LogP contribution is -2.28. The summed E-state index contributed by atoms with van der Waals surface area (Å²) in [5, 5.41) is 17.2. The Kier molecular flexibility index (Phi) is 12.6. The molecule has 1 unspecified atom stereocenters. The maximum atomic E-state index is 8.63. The first-order valence-corrected chi connectivity index (χ1v) is 5.54. The van der Waals surface area contributed by atoms with Gasteiger partial charge in [-0.2, -0.15) is 0 Å². The molecule has 0 aromatic heterocycles. The third kappa shape index (κ3) is 10.3. The summed E-state index contributed by atoms with van der Waals surface area (Å²) in [5.41, 5.74) is 5.33. The highest BCUT2D eigenvalue weighted by Gasteiger charge is 2.09. The number of rotatable bonds is 12. The predicted molar refractivity (Wildman–Crippen MR) is 59.2 cm³/mol. The number of nitrogens with two attached hydrogens (primary N) is 1. The number of aliphatic hydroxyl groups is 2. The van der Waals surface area contributed by atoms with E-state index in [4.69, 9.17) is 30.2 Å². The average Bonchev–Trinajstić information content (AvgIpc) is 2.31. The Balaban J connectivity index is 3.54. The molecule has 0 aliphatic heterocycles. The molecular formula is C10H23NO5. The molecule has 6 heteroatoms. The van der Waals surface area contributed by atoms with E-state index in [9.17, 15) is 0 Å². The molecule has 0 saturated carbocycles. The highest BCUT2D eigenvalue weighted by molar-refractivity contribution is 4.55. The van der Waals surface area contributed by atoms with Crippen LogP contribution in [0, 0.1) is 0 Å². The maximum Gasteiger partial charge on any atom is 0.104 e. The molecule has 0 radical (unpaired) electrons. The molecule has 1 atom stereocenters. The van der Waals surface area contributed by atoms with Crippen molar-refractivity contribution in [1.29, 1.82) is 0 Å². The van der Waals surface area contributed by atoms with Gasteiger partial charge < -0.3 is 30.2 Å². The molecule has 0 saturated heterocycles. The van der Waals surface area contributed by atoms with E-state index in [1.807, 2.05) is 0 Å². The minimum Gasteiger partial charge on any atom is -0.394 e. The van der Waals surface area contributed by atoms with Crippen LogP contribution in [0.4, 0.5) is 0 Å². The largest absolute Gasteiger partial charge is 0.394 e. The van der Waals surface area contributed by atoms with Gasteiger partial charge in [0, 0.05) is 6.61 Å². The molecule has 0 aliphatic rings. The Morgan fingerprint density at radius 3 is 2.12 bits per heavy atom. The van der Waals surface area contributed by atoms with Gasteiger partial charge in [-0.3, -0.25) is 0 Å². The van der Waals surface area contributed by atoms with Crippen molar-refractivity contribution in [1.82, 2.24) is 0 Å². The van der Waals surface area contributed by atoms with E-state index in [0.29, 0.717) is 26.4 Å². The van der Waals surface area contributed by atoms with Crippen molar-refractivity contribution < 1.29 is 24.4 Å². The normalized spacial score (nSPS) is 12.9. The van der Waals surface area contributed by atoms with Crippen molar-refractivity contribution in [2.75, 3.05) is 52.8 Å². The molecule has 0 spiro atoms. The molecule has 0 heterocycles. The lowest BCUT2D eigenvalue weighted by Gasteiger charge is -2.17. The van der Waals surface area contributed by atoms with Gasteiger partial charge in [0.2, 0.25) is 0 Å². The van der Waals surface area contributed by atoms with Gasteiger partial charge in [-0.15, -0.1) is 0 Å². The monoisotopic (exact) mass is 237 g/mol. The SMILES string of the molecule is NCCCOCC(COCCO)OCCO. The Labute approximate surface area is 96.3 Å². The van der Waals surface area contributed by atoms with Crippen molar-refractivity contribution in [2.24, 2.45) is 5.73 Å². The van der Waals surface area contributed by atoms with Crippen LogP contribution in [0.3, 0.4) is 0 Å². The van der Waals surface area contributed by atoms with E-state index in [1.165, 1.54) is 0 Å². The van der Waals surface area contributed by atoms with Crippen LogP contribution in [0.1, 0.15) is 6.42 Å². The zero-order valence-corrected chi connectivity index (χ0v) is 9.64. The van der Waals surface area contributed by atoms with Crippen LogP contribution in [0.2, 0.25) is 0 Å². The Bertz CT molecular complexity index is 136. The number of hydrogen-bond acceptors (Lipinski definition) is 6. The molecule has 98 valence electrons. The van der Waals surface area contributed by atoms with Gasteiger partial charge >= 0.3 is 0 Å². The molecular weight excluding hydrogens is 214 g/mol. The average molecular weight is 237 g/mol. The summed E-state index contributed by atoms with van der Waals surface area (Å²) in [4.78, 5) is 0. The van der Waals surface area contributed by atoms with Crippen molar-refractivity contribution in [2.45, 2.75) is 12.5 Å². The molecule has 0 aromatic rings.